The van der Waals surface area contributed by atoms with E-state index in [0.717, 1.165) is 13.0 Å². The van der Waals surface area contributed by atoms with Crippen molar-refractivity contribution in [3.8, 4) is 0 Å². The van der Waals surface area contributed by atoms with Crippen LogP contribution in [-0.4, -0.2) is 47.7 Å². The van der Waals surface area contributed by atoms with Crippen LogP contribution in [0.4, 0.5) is 5.95 Å². The van der Waals surface area contributed by atoms with Crippen molar-refractivity contribution in [3.05, 3.63) is 12.4 Å². The Kier molecular flexibility index (Phi) is 7.03. The number of hydrogen-bond donors (Lipinski definition) is 2. The molecule has 0 saturated heterocycles. The Hall–Kier alpha value is -1.06. The van der Waals surface area contributed by atoms with Crippen LogP contribution in [0.25, 0.3) is 0 Å². The molecule has 0 spiro atoms. The van der Waals surface area contributed by atoms with E-state index < -0.39 is 20.8 Å². The van der Waals surface area contributed by atoms with Crippen LogP contribution >= 0.6 is 0 Å². The van der Waals surface area contributed by atoms with Crippen molar-refractivity contribution in [1.82, 2.24) is 14.7 Å². The van der Waals surface area contributed by atoms with Gasteiger partial charge in [-0.05, 0) is 12.8 Å². The number of nitrogens with zero attached hydrogens (tertiary/aromatic N) is 2. The number of rotatable bonds is 9. The first kappa shape index (κ1) is 17.0. The van der Waals surface area contributed by atoms with Gasteiger partial charge in [-0.15, -0.1) is 0 Å². The third-order valence-electron chi connectivity index (χ3n) is 2.37. The van der Waals surface area contributed by atoms with Gasteiger partial charge in [0.25, 0.3) is 0 Å². The standard InChI is InChI=1S/C11H20N4O3S2/c1-3-5-12-11-13-8-10(9-14-11)20(17,18)15-6-4-7-19(2)16/h8-9,15H,3-7H2,1-2H3,(H,12,13,14). The molecule has 0 saturated carbocycles. The van der Waals surface area contributed by atoms with Crippen molar-refractivity contribution < 1.29 is 12.6 Å². The second-order valence-electron chi connectivity index (χ2n) is 4.20. The van der Waals surface area contributed by atoms with E-state index in [1.165, 1.54) is 12.4 Å². The van der Waals surface area contributed by atoms with Gasteiger partial charge in [-0.25, -0.2) is 23.1 Å². The van der Waals surface area contributed by atoms with Gasteiger partial charge >= 0.3 is 0 Å². The van der Waals surface area contributed by atoms with Crippen LogP contribution in [0.15, 0.2) is 17.3 Å². The Morgan fingerprint density at radius 2 is 1.90 bits per heavy atom. The maximum absolute atomic E-state index is 11.9. The monoisotopic (exact) mass is 320 g/mol. The molecule has 114 valence electrons. The molecule has 1 unspecified atom stereocenters. The summed E-state index contributed by atoms with van der Waals surface area (Å²) in [5.74, 6) is 0.881. The molecule has 0 amide bonds. The zero-order valence-corrected chi connectivity index (χ0v) is 13.3. The van der Waals surface area contributed by atoms with E-state index >= 15 is 0 Å². The molecule has 1 rings (SSSR count). The fourth-order valence-corrected chi connectivity index (χ4v) is 2.86. The largest absolute Gasteiger partial charge is 0.354 e. The smallest absolute Gasteiger partial charge is 0.243 e. The normalized spacial score (nSPS) is 13.1. The lowest BCUT2D eigenvalue weighted by molar-refractivity contribution is 0.579. The summed E-state index contributed by atoms with van der Waals surface area (Å²) < 4.78 is 37.1. The summed E-state index contributed by atoms with van der Waals surface area (Å²) in [6.07, 6.45) is 5.59. The Bertz CT molecular complexity index is 531. The van der Waals surface area contributed by atoms with Crippen LogP contribution in [0, 0.1) is 0 Å². The molecule has 1 aromatic heterocycles. The number of anilines is 1. The molecule has 0 fully saturated rings. The predicted octanol–water partition coefficient (Wildman–Crippen LogP) is 0.345. The highest BCUT2D eigenvalue weighted by molar-refractivity contribution is 7.89. The highest BCUT2D eigenvalue weighted by Gasteiger charge is 2.14. The molecule has 2 N–H and O–H groups in total. The SMILES string of the molecule is CCCNc1ncc(S(=O)(=O)NCCCS(C)=O)cn1. The maximum Gasteiger partial charge on any atom is 0.243 e. The van der Waals surface area contributed by atoms with Crippen LogP contribution in [0.1, 0.15) is 19.8 Å². The lowest BCUT2D eigenvalue weighted by Crippen LogP contribution is -2.26. The first-order chi connectivity index (χ1) is 9.45. The molecule has 9 heteroatoms. The molecular formula is C11H20N4O3S2. The van der Waals surface area contributed by atoms with Gasteiger partial charge in [-0.2, -0.15) is 0 Å². The van der Waals surface area contributed by atoms with E-state index in [4.69, 9.17) is 0 Å². The molecule has 7 nitrogen and oxygen atoms in total. The van der Waals surface area contributed by atoms with Crippen molar-refractivity contribution in [3.63, 3.8) is 0 Å². The zero-order valence-electron chi connectivity index (χ0n) is 11.6. The first-order valence-corrected chi connectivity index (χ1v) is 9.52. The number of nitrogens with one attached hydrogen (secondary N) is 2. The van der Waals surface area contributed by atoms with Crippen molar-refractivity contribution in [1.29, 1.82) is 0 Å². The van der Waals surface area contributed by atoms with E-state index in [0.29, 0.717) is 18.1 Å². The van der Waals surface area contributed by atoms with E-state index in [2.05, 4.69) is 20.0 Å². The predicted molar refractivity (Wildman–Crippen MR) is 79.6 cm³/mol. The molecule has 0 aliphatic carbocycles. The van der Waals surface area contributed by atoms with Crippen molar-refractivity contribution >= 4 is 26.8 Å². The number of aromatic nitrogens is 2. The second kappa shape index (κ2) is 8.28. The molecule has 0 aromatic carbocycles. The van der Waals surface area contributed by atoms with Gasteiger partial charge in [0.2, 0.25) is 16.0 Å². The summed E-state index contributed by atoms with van der Waals surface area (Å²) in [5, 5.41) is 2.97. The summed E-state index contributed by atoms with van der Waals surface area (Å²) in [6, 6.07) is 0. The molecule has 1 heterocycles. The molecular weight excluding hydrogens is 300 g/mol. The summed E-state index contributed by atoms with van der Waals surface area (Å²) >= 11 is 0. The molecule has 1 atom stereocenters. The minimum Gasteiger partial charge on any atom is -0.354 e. The quantitative estimate of drug-likeness (QED) is 0.637. The molecule has 0 bridgehead atoms. The fraction of sp³-hybridized carbons (Fsp3) is 0.636. The Labute approximate surface area is 122 Å². The minimum atomic E-state index is -3.60. The third kappa shape index (κ3) is 5.93. The number of sulfonamides is 1. The van der Waals surface area contributed by atoms with Crippen LogP contribution < -0.4 is 10.0 Å². The average molecular weight is 320 g/mol. The maximum atomic E-state index is 11.9. The first-order valence-electron chi connectivity index (χ1n) is 6.31. The summed E-state index contributed by atoms with van der Waals surface area (Å²) in [5.41, 5.74) is 0. The molecule has 0 aliphatic heterocycles. The van der Waals surface area contributed by atoms with Crippen LogP contribution in [-0.2, 0) is 20.8 Å². The zero-order chi connectivity index (χ0) is 15.0. The Balaban J connectivity index is 2.56. The van der Waals surface area contributed by atoms with Gasteiger partial charge in [-0.1, -0.05) is 6.92 Å². The van der Waals surface area contributed by atoms with Crippen molar-refractivity contribution in [2.24, 2.45) is 0 Å². The average Bonchev–Trinajstić information content (AvgIpc) is 2.42. The van der Waals surface area contributed by atoms with E-state index in [1.807, 2.05) is 6.92 Å². The Morgan fingerprint density at radius 1 is 1.25 bits per heavy atom. The second-order valence-corrected chi connectivity index (χ2v) is 7.52. The van der Waals surface area contributed by atoms with Gasteiger partial charge in [0.1, 0.15) is 4.90 Å². The van der Waals surface area contributed by atoms with Crippen LogP contribution in [0.2, 0.25) is 0 Å². The van der Waals surface area contributed by atoms with Crippen LogP contribution in [0.3, 0.4) is 0 Å². The summed E-state index contributed by atoms with van der Waals surface area (Å²) in [6.45, 7) is 3.00. The highest BCUT2D eigenvalue weighted by Crippen LogP contribution is 2.07. The lowest BCUT2D eigenvalue weighted by Gasteiger charge is -2.07. The van der Waals surface area contributed by atoms with E-state index in [1.54, 1.807) is 6.26 Å². The molecule has 0 aliphatic rings. The van der Waals surface area contributed by atoms with Gasteiger partial charge < -0.3 is 5.32 Å². The van der Waals surface area contributed by atoms with E-state index in [9.17, 15) is 12.6 Å². The van der Waals surface area contributed by atoms with Gasteiger partial charge in [0, 0.05) is 35.9 Å². The topological polar surface area (TPSA) is 101 Å². The summed E-state index contributed by atoms with van der Waals surface area (Å²) in [4.78, 5) is 7.92. The Morgan fingerprint density at radius 3 is 2.45 bits per heavy atom. The lowest BCUT2D eigenvalue weighted by atomic mass is 10.5. The van der Waals surface area contributed by atoms with Crippen molar-refractivity contribution in [2.75, 3.05) is 30.4 Å². The van der Waals surface area contributed by atoms with Gasteiger partial charge in [-0.3, -0.25) is 4.21 Å². The van der Waals surface area contributed by atoms with Crippen molar-refractivity contribution in [2.45, 2.75) is 24.7 Å². The number of hydrogen-bond acceptors (Lipinski definition) is 6. The molecule has 0 radical (unpaired) electrons. The highest BCUT2D eigenvalue weighted by atomic mass is 32.2. The minimum absolute atomic E-state index is 0.0252. The van der Waals surface area contributed by atoms with Crippen LogP contribution in [0.5, 0.6) is 0 Å². The molecule has 1 aromatic rings. The fourth-order valence-electron chi connectivity index (χ4n) is 1.35. The molecule has 20 heavy (non-hydrogen) atoms. The van der Waals surface area contributed by atoms with E-state index in [-0.39, 0.29) is 11.4 Å². The summed E-state index contributed by atoms with van der Waals surface area (Å²) in [7, 11) is -4.51. The van der Waals surface area contributed by atoms with Gasteiger partial charge in [0.05, 0.1) is 12.4 Å². The van der Waals surface area contributed by atoms with Gasteiger partial charge in [0.15, 0.2) is 0 Å². The third-order valence-corrected chi connectivity index (χ3v) is 4.65.